The average molecular weight is 227 g/mol. The van der Waals surface area contributed by atoms with Gasteiger partial charge in [-0.1, -0.05) is 13.8 Å². The van der Waals surface area contributed by atoms with E-state index in [1.165, 1.54) is 0 Å². The molecule has 0 unspecified atom stereocenters. The second-order valence-corrected chi connectivity index (χ2v) is 4.36. The van der Waals surface area contributed by atoms with E-state index in [4.69, 9.17) is 5.26 Å². The number of hydrogen-bond donors (Lipinski definition) is 0. The van der Waals surface area contributed by atoms with Crippen LogP contribution >= 0.6 is 0 Å². The van der Waals surface area contributed by atoms with Crippen LogP contribution in [-0.2, 0) is 7.05 Å². The molecule has 0 saturated heterocycles. The summed E-state index contributed by atoms with van der Waals surface area (Å²) in [6, 6.07) is 7.84. The number of nitrogens with zero attached hydrogens (tertiary/aromatic N) is 3. The van der Waals surface area contributed by atoms with Crippen molar-refractivity contribution in [2.45, 2.75) is 32.6 Å². The molecule has 2 aromatic rings. The van der Waals surface area contributed by atoms with Gasteiger partial charge in [-0.3, -0.25) is 0 Å². The average Bonchev–Trinajstić information content (AvgIpc) is 2.68. The summed E-state index contributed by atoms with van der Waals surface area (Å²) in [5.41, 5.74) is 2.72. The van der Waals surface area contributed by atoms with Crippen molar-refractivity contribution in [2.24, 2.45) is 7.05 Å². The largest absolute Gasteiger partial charge is 0.331 e. The lowest BCUT2D eigenvalue weighted by Gasteiger charge is -2.11. The molecule has 1 aromatic carbocycles. The maximum Gasteiger partial charge on any atom is 0.112 e. The molecule has 17 heavy (non-hydrogen) atoms. The Morgan fingerprint density at radius 3 is 2.65 bits per heavy atom. The van der Waals surface area contributed by atoms with E-state index in [1.807, 2.05) is 25.2 Å². The van der Waals surface area contributed by atoms with E-state index in [2.05, 4.69) is 29.5 Å². The Kier molecular flexibility index (Phi) is 3.14. The van der Waals surface area contributed by atoms with Gasteiger partial charge in [0.05, 0.1) is 22.7 Å². The molecule has 0 fully saturated rings. The summed E-state index contributed by atoms with van der Waals surface area (Å²) in [6.45, 7) is 4.38. The highest BCUT2D eigenvalue weighted by Crippen LogP contribution is 2.26. The smallest absolute Gasteiger partial charge is 0.112 e. The van der Waals surface area contributed by atoms with E-state index < -0.39 is 0 Å². The first-order chi connectivity index (χ1) is 8.21. The Balaban J connectivity index is 2.61. The van der Waals surface area contributed by atoms with Gasteiger partial charge in [-0.2, -0.15) is 5.26 Å². The Morgan fingerprint density at radius 2 is 2.06 bits per heavy atom. The molecule has 0 saturated carbocycles. The first-order valence-corrected chi connectivity index (χ1v) is 6.07. The van der Waals surface area contributed by atoms with Crippen molar-refractivity contribution in [1.29, 1.82) is 5.26 Å². The molecule has 0 aliphatic rings. The highest BCUT2D eigenvalue weighted by molar-refractivity contribution is 5.77. The Morgan fingerprint density at radius 1 is 1.35 bits per heavy atom. The normalized spacial score (nSPS) is 11.0. The highest BCUT2D eigenvalue weighted by atomic mass is 15.1. The molecule has 1 heterocycles. The van der Waals surface area contributed by atoms with Gasteiger partial charge in [-0.15, -0.1) is 0 Å². The standard InChI is InChI=1S/C14H17N3/c1-4-11(5-2)14-16-12-7-6-10(9-15)8-13(12)17(14)3/h6-8,11H,4-5H2,1-3H3. The van der Waals surface area contributed by atoms with Gasteiger partial charge < -0.3 is 4.57 Å². The predicted octanol–water partition coefficient (Wildman–Crippen LogP) is 3.35. The van der Waals surface area contributed by atoms with Crippen molar-refractivity contribution in [3.8, 4) is 6.07 Å². The van der Waals surface area contributed by atoms with Crippen molar-refractivity contribution < 1.29 is 0 Å². The maximum atomic E-state index is 8.92. The van der Waals surface area contributed by atoms with Crippen LogP contribution in [0.2, 0.25) is 0 Å². The van der Waals surface area contributed by atoms with E-state index in [0.717, 1.165) is 29.7 Å². The summed E-state index contributed by atoms with van der Waals surface area (Å²) >= 11 is 0. The second kappa shape index (κ2) is 4.58. The quantitative estimate of drug-likeness (QED) is 0.806. The summed E-state index contributed by atoms with van der Waals surface area (Å²) in [5.74, 6) is 1.62. The molecule has 1 aromatic heterocycles. The number of aryl methyl sites for hydroxylation is 1. The number of rotatable bonds is 3. The molecule has 0 spiro atoms. The van der Waals surface area contributed by atoms with Gasteiger partial charge in [0, 0.05) is 13.0 Å². The minimum atomic E-state index is 0.498. The van der Waals surface area contributed by atoms with E-state index in [-0.39, 0.29) is 0 Å². The lowest BCUT2D eigenvalue weighted by molar-refractivity contribution is 0.582. The zero-order chi connectivity index (χ0) is 12.4. The third kappa shape index (κ3) is 1.91. The number of hydrogen-bond acceptors (Lipinski definition) is 2. The first-order valence-electron chi connectivity index (χ1n) is 6.07. The van der Waals surface area contributed by atoms with Crippen LogP contribution in [0.25, 0.3) is 11.0 Å². The van der Waals surface area contributed by atoms with Crippen LogP contribution in [0.15, 0.2) is 18.2 Å². The molecule has 88 valence electrons. The topological polar surface area (TPSA) is 41.6 Å². The van der Waals surface area contributed by atoms with Gasteiger partial charge in [0.15, 0.2) is 0 Å². The van der Waals surface area contributed by atoms with Crippen LogP contribution in [0.4, 0.5) is 0 Å². The van der Waals surface area contributed by atoms with Crippen LogP contribution in [0.1, 0.15) is 44.0 Å². The predicted molar refractivity (Wildman–Crippen MR) is 68.8 cm³/mol. The van der Waals surface area contributed by atoms with E-state index in [0.29, 0.717) is 11.5 Å². The van der Waals surface area contributed by atoms with E-state index >= 15 is 0 Å². The van der Waals surface area contributed by atoms with Crippen LogP contribution < -0.4 is 0 Å². The van der Waals surface area contributed by atoms with Gasteiger partial charge in [0.25, 0.3) is 0 Å². The van der Waals surface area contributed by atoms with Crippen LogP contribution in [0.3, 0.4) is 0 Å². The van der Waals surface area contributed by atoms with Gasteiger partial charge in [-0.25, -0.2) is 4.98 Å². The lowest BCUT2D eigenvalue weighted by atomic mass is 10.0. The summed E-state index contributed by atoms with van der Waals surface area (Å²) in [6.07, 6.45) is 2.19. The summed E-state index contributed by atoms with van der Waals surface area (Å²) < 4.78 is 2.12. The van der Waals surface area contributed by atoms with Crippen molar-refractivity contribution in [2.75, 3.05) is 0 Å². The fourth-order valence-corrected chi connectivity index (χ4v) is 2.30. The molecule has 3 nitrogen and oxygen atoms in total. The third-order valence-corrected chi connectivity index (χ3v) is 3.40. The number of nitriles is 1. The monoisotopic (exact) mass is 227 g/mol. The molecule has 0 atom stereocenters. The first kappa shape index (κ1) is 11.7. The van der Waals surface area contributed by atoms with Crippen molar-refractivity contribution in [3.05, 3.63) is 29.6 Å². The summed E-state index contributed by atoms with van der Waals surface area (Å²) in [4.78, 5) is 4.68. The Hall–Kier alpha value is -1.82. The molecule has 0 aliphatic carbocycles. The highest BCUT2D eigenvalue weighted by Gasteiger charge is 2.15. The Labute approximate surface area is 102 Å². The molecule has 3 heteroatoms. The number of benzene rings is 1. The molecular weight excluding hydrogens is 210 g/mol. The summed E-state index contributed by atoms with van der Waals surface area (Å²) in [7, 11) is 2.03. The molecule has 0 radical (unpaired) electrons. The summed E-state index contributed by atoms with van der Waals surface area (Å²) in [5, 5.41) is 8.92. The van der Waals surface area contributed by atoms with Gasteiger partial charge in [-0.05, 0) is 31.0 Å². The fourth-order valence-electron chi connectivity index (χ4n) is 2.30. The molecular formula is C14H17N3. The van der Waals surface area contributed by atoms with Crippen LogP contribution in [-0.4, -0.2) is 9.55 Å². The number of fused-ring (bicyclic) bond motifs is 1. The molecule has 0 N–H and O–H groups in total. The second-order valence-electron chi connectivity index (χ2n) is 4.36. The number of aromatic nitrogens is 2. The van der Waals surface area contributed by atoms with Crippen molar-refractivity contribution >= 4 is 11.0 Å². The van der Waals surface area contributed by atoms with E-state index in [9.17, 15) is 0 Å². The molecule has 0 amide bonds. The number of imidazole rings is 1. The van der Waals surface area contributed by atoms with Crippen LogP contribution in [0, 0.1) is 11.3 Å². The van der Waals surface area contributed by atoms with E-state index in [1.54, 1.807) is 0 Å². The van der Waals surface area contributed by atoms with Crippen molar-refractivity contribution in [1.82, 2.24) is 9.55 Å². The minimum absolute atomic E-state index is 0.498. The zero-order valence-corrected chi connectivity index (χ0v) is 10.6. The minimum Gasteiger partial charge on any atom is -0.331 e. The van der Waals surface area contributed by atoms with Gasteiger partial charge >= 0.3 is 0 Å². The molecule has 2 rings (SSSR count). The maximum absolute atomic E-state index is 8.92. The molecule has 0 aliphatic heterocycles. The van der Waals surface area contributed by atoms with Crippen molar-refractivity contribution in [3.63, 3.8) is 0 Å². The lowest BCUT2D eigenvalue weighted by Crippen LogP contribution is -2.04. The Bertz CT molecular complexity index is 571. The third-order valence-electron chi connectivity index (χ3n) is 3.40. The van der Waals surface area contributed by atoms with Gasteiger partial charge in [0.1, 0.15) is 5.82 Å². The fraction of sp³-hybridized carbons (Fsp3) is 0.429. The van der Waals surface area contributed by atoms with Gasteiger partial charge in [0.2, 0.25) is 0 Å². The zero-order valence-electron chi connectivity index (χ0n) is 10.6. The SMILES string of the molecule is CCC(CC)c1nc2ccc(C#N)cc2n1C. The molecule has 0 bridgehead atoms. The van der Waals surface area contributed by atoms with Crippen LogP contribution in [0.5, 0.6) is 0 Å².